The van der Waals surface area contributed by atoms with E-state index in [9.17, 15) is 0 Å². The number of benzene rings is 1. The van der Waals surface area contributed by atoms with Gasteiger partial charge in [0.2, 0.25) is 0 Å². The number of aromatic nitrogens is 3. The van der Waals surface area contributed by atoms with Crippen molar-refractivity contribution >= 4 is 17.4 Å². The summed E-state index contributed by atoms with van der Waals surface area (Å²) in [6.45, 7) is 2.08. The SMILES string of the molecule is CC(Nc1ncccc1Cl)c1ccccc1-n1cccn1. The summed E-state index contributed by atoms with van der Waals surface area (Å²) in [4.78, 5) is 4.27. The summed E-state index contributed by atoms with van der Waals surface area (Å²) in [5, 5.41) is 8.26. The monoisotopic (exact) mass is 298 g/mol. The second-order valence-electron chi connectivity index (χ2n) is 4.71. The van der Waals surface area contributed by atoms with Gasteiger partial charge in [0.1, 0.15) is 5.82 Å². The Morgan fingerprint density at radius 2 is 1.95 bits per heavy atom. The zero-order chi connectivity index (χ0) is 14.7. The van der Waals surface area contributed by atoms with Crippen molar-refractivity contribution < 1.29 is 0 Å². The summed E-state index contributed by atoms with van der Waals surface area (Å²) in [6, 6.07) is 13.7. The van der Waals surface area contributed by atoms with Crippen LogP contribution in [0, 0.1) is 0 Å². The standard InChI is InChI=1S/C16H15ClN4/c1-12(20-16-14(17)7-4-9-18-16)13-6-2-3-8-15(13)21-11-5-10-19-21/h2-12H,1H3,(H,18,20). The fourth-order valence-corrected chi connectivity index (χ4v) is 2.42. The highest BCUT2D eigenvalue weighted by Crippen LogP contribution is 2.26. The summed E-state index contributed by atoms with van der Waals surface area (Å²) in [7, 11) is 0. The number of pyridine rings is 1. The van der Waals surface area contributed by atoms with E-state index in [1.54, 1.807) is 12.4 Å². The largest absolute Gasteiger partial charge is 0.362 e. The molecule has 5 heteroatoms. The van der Waals surface area contributed by atoms with Gasteiger partial charge < -0.3 is 5.32 Å². The van der Waals surface area contributed by atoms with E-state index >= 15 is 0 Å². The maximum Gasteiger partial charge on any atom is 0.145 e. The summed E-state index contributed by atoms with van der Waals surface area (Å²) in [5.41, 5.74) is 2.16. The van der Waals surface area contributed by atoms with Gasteiger partial charge in [-0.25, -0.2) is 9.67 Å². The number of anilines is 1. The van der Waals surface area contributed by atoms with Crippen molar-refractivity contribution in [1.29, 1.82) is 0 Å². The second-order valence-corrected chi connectivity index (χ2v) is 5.12. The zero-order valence-electron chi connectivity index (χ0n) is 11.6. The first-order valence-electron chi connectivity index (χ1n) is 6.71. The normalized spacial score (nSPS) is 12.1. The first-order valence-corrected chi connectivity index (χ1v) is 7.09. The van der Waals surface area contributed by atoms with Gasteiger partial charge in [-0.1, -0.05) is 29.8 Å². The average molecular weight is 299 g/mol. The molecule has 4 nitrogen and oxygen atoms in total. The first-order chi connectivity index (χ1) is 10.3. The van der Waals surface area contributed by atoms with Crippen molar-refractivity contribution in [3.63, 3.8) is 0 Å². The fraction of sp³-hybridized carbons (Fsp3) is 0.125. The van der Waals surface area contributed by atoms with Gasteiger partial charge in [0, 0.05) is 18.6 Å². The Bertz CT molecular complexity index is 725. The van der Waals surface area contributed by atoms with E-state index in [0.717, 1.165) is 11.3 Å². The van der Waals surface area contributed by atoms with E-state index in [1.165, 1.54) is 0 Å². The van der Waals surface area contributed by atoms with E-state index < -0.39 is 0 Å². The molecule has 0 aliphatic heterocycles. The van der Waals surface area contributed by atoms with Crippen LogP contribution in [-0.2, 0) is 0 Å². The van der Waals surface area contributed by atoms with E-state index in [0.29, 0.717) is 10.8 Å². The molecule has 0 aliphatic carbocycles. The van der Waals surface area contributed by atoms with Gasteiger partial charge in [-0.3, -0.25) is 0 Å². The van der Waals surface area contributed by atoms with Crippen LogP contribution in [0.25, 0.3) is 5.69 Å². The Balaban J connectivity index is 1.92. The van der Waals surface area contributed by atoms with Crippen LogP contribution in [0.5, 0.6) is 0 Å². The summed E-state index contributed by atoms with van der Waals surface area (Å²) in [6.07, 6.45) is 5.42. The zero-order valence-corrected chi connectivity index (χ0v) is 12.3. The van der Waals surface area contributed by atoms with Crippen LogP contribution in [0.3, 0.4) is 0 Å². The highest BCUT2D eigenvalue weighted by molar-refractivity contribution is 6.32. The summed E-state index contributed by atoms with van der Waals surface area (Å²) >= 11 is 6.15. The summed E-state index contributed by atoms with van der Waals surface area (Å²) in [5.74, 6) is 0.682. The second kappa shape index (κ2) is 5.97. The Morgan fingerprint density at radius 3 is 2.71 bits per heavy atom. The molecular weight excluding hydrogens is 284 g/mol. The molecule has 1 unspecified atom stereocenters. The maximum absolute atomic E-state index is 6.15. The third kappa shape index (κ3) is 2.90. The average Bonchev–Trinajstić information content (AvgIpc) is 3.04. The van der Waals surface area contributed by atoms with Crippen LogP contribution in [0.4, 0.5) is 5.82 Å². The number of rotatable bonds is 4. The Labute approximate surface area is 128 Å². The highest BCUT2D eigenvalue weighted by atomic mass is 35.5. The molecular formula is C16H15ClN4. The smallest absolute Gasteiger partial charge is 0.145 e. The van der Waals surface area contributed by atoms with Crippen LogP contribution in [-0.4, -0.2) is 14.8 Å². The fourth-order valence-electron chi connectivity index (χ4n) is 2.25. The molecule has 1 N–H and O–H groups in total. The topological polar surface area (TPSA) is 42.7 Å². The van der Waals surface area contributed by atoms with Gasteiger partial charge in [-0.2, -0.15) is 5.10 Å². The molecule has 0 aliphatic rings. The molecule has 0 saturated carbocycles. The molecule has 2 heterocycles. The van der Waals surface area contributed by atoms with E-state index in [4.69, 9.17) is 11.6 Å². The van der Waals surface area contributed by atoms with Gasteiger partial charge in [-0.15, -0.1) is 0 Å². The third-order valence-corrected chi connectivity index (χ3v) is 3.57. The molecule has 106 valence electrons. The van der Waals surface area contributed by atoms with Crippen molar-refractivity contribution in [2.75, 3.05) is 5.32 Å². The molecule has 1 atom stereocenters. The van der Waals surface area contributed by atoms with Crippen LogP contribution in [0.1, 0.15) is 18.5 Å². The molecule has 21 heavy (non-hydrogen) atoms. The number of nitrogens with zero attached hydrogens (tertiary/aromatic N) is 3. The molecule has 3 rings (SSSR count). The lowest BCUT2D eigenvalue weighted by Gasteiger charge is -2.19. The molecule has 0 spiro atoms. The Hall–Kier alpha value is -2.33. The number of nitrogens with one attached hydrogen (secondary N) is 1. The van der Waals surface area contributed by atoms with E-state index in [-0.39, 0.29) is 6.04 Å². The van der Waals surface area contributed by atoms with Gasteiger partial charge >= 0.3 is 0 Å². The number of halogens is 1. The van der Waals surface area contributed by atoms with Gasteiger partial charge in [0.15, 0.2) is 0 Å². The molecule has 3 aromatic rings. The number of hydrogen-bond acceptors (Lipinski definition) is 3. The van der Waals surface area contributed by atoms with Crippen molar-refractivity contribution in [3.8, 4) is 5.69 Å². The van der Waals surface area contributed by atoms with E-state index in [2.05, 4.69) is 28.4 Å². The first kappa shape index (κ1) is 13.6. The van der Waals surface area contributed by atoms with Gasteiger partial charge in [0.05, 0.1) is 16.8 Å². The molecule has 0 bridgehead atoms. The molecule has 1 aromatic carbocycles. The minimum atomic E-state index is 0.0535. The van der Waals surface area contributed by atoms with Crippen molar-refractivity contribution in [1.82, 2.24) is 14.8 Å². The van der Waals surface area contributed by atoms with Crippen molar-refractivity contribution in [3.05, 3.63) is 71.6 Å². The molecule has 0 radical (unpaired) electrons. The minimum absolute atomic E-state index is 0.0535. The predicted octanol–water partition coefficient (Wildman–Crippen LogP) is 4.09. The predicted molar refractivity (Wildman–Crippen MR) is 84.8 cm³/mol. The molecule has 2 aromatic heterocycles. The van der Waals surface area contributed by atoms with Gasteiger partial charge in [-0.05, 0) is 36.8 Å². The quantitative estimate of drug-likeness (QED) is 0.789. The number of hydrogen-bond donors (Lipinski definition) is 1. The molecule has 0 amide bonds. The molecule has 0 saturated heterocycles. The molecule has 0 fully saturated rings. The van der Waals surface area contributed by atoms with Crippen LogP contribution < -0.4 is 5.32 Å². The minimum Gasteiger partial charge on any atom is -0.362 e. The van der Waals surface area contributed by atoms with Gasteiger partial charge in [0.25, 0.3) is 0 Å². The van der Waals surface area contributed by atoms with Crippen LogP contribution in [0.15, 0.2) is 61.1 Å². The lowest BCUT2D eigenvalue weighted by Crippen LogP contribution is -2.11. The lowest BCUT2D eigenvalue weighted by molar-refractivity contribution is 0.814. The number of para-hydroxylation sites is 1. The maximum atomic E-state index is 6.15. The van der Waals surface area contributed by atoms with Crippen LogP contribution >= 0.6 is 11.6 Å². The highest BCUT2D eigenvalue weighted by Gasteiger charge is 2.13. The Kier molecular flexibility index (Phi) is 3.88. The summed E-state index contributed by atoms with van der Waals surface area (Å²) < 4.78 is 1.85. The van der Waals surface area contributed by atoms with Crippen molar-refractivity contribution in [2.24, 2.45) is 0 Å². The third-order valence-electron chi connectivity index (χ3n) is 3.27. The Morgan fingerprint density at radius 1 is 1.10 bits per heavy atom. The van der Waals surface area contributed by atoms with Crippen molar-refractivity contribution in [2.45, 2.75) is 13.0 Å². The lowest BCUT2D eigenvalue weighted by atomic mass is 10.1. The van der Waals surface area contributed by atoms with E-state index in [1.807, 2.05) is 47.3 Å². The van der Waals surface area contributed by atoms with Crippen LogP contribution in [0.2, 0.25) is 5.02 Å².